The minimum atomic E-state index is 0.604. The van der Waals surface area contributed by atoms with Crippen molar-refractivity contribution in [2.75, 3.05) is 5.73 Å². The Morgan fingerprint density at radius 3 is 2.70 bits per heavy atom. The van der Waals surface area contributed by atoms with Crippen LogP contribution < -0.4 is 5.73 Å². The van der Waals surface area contributed by atoms with Gasteiger partial charge in [0.15, 0.2) is 5.13 Å². The molecular formula is C15H14BrN3S. The quantitative estimate of drug-likeness (QED) is 0.738. The van der Waals surface area contributed by atoms with E-state index in [0.29, 0.717) is 5.13 Å². The molecule has 0 aliphatic rings. The molecule has 5 heteroatoms. The first-order valence-electron chi connectivity index (χ1n) is 6.22. The van der Waals surface area contributed by atoms with E-state index in [9.17, 15) is 0 Å². The van der Waals surface area contributed by atoms with Crippen LogP contribution in [-0.2, 0) is 0 Å². The lowest BCUT2D eigenvalue weighted by atomic mass is 10.2. The number of anilines is 1. The number of hydrogen-bond acceptors (Lipinski definition) is 3. The van der Waals surface area contributed by atoms with Crippen molar-refractivity contribution >= 4 is 32.4 Å². The molecule has 0 unspecified atom stereocenters. The van der Waals surface area contributed by atoms with Crippen molar-refractivity contribution < 1.29 is 0 Å². The third kappa shape index (κ3) is 2.27. The van der Waals surface area contributed by atoms with Crippen molar-refractivity contribution in [2.45, 2.75) is 13.8 Å². The molecule has 2 heterocycles. The normalized spacial score (nSPS) is 10.9. The van der Waals surface area contributed by atoms with Crippen molar-refractivity contribution in [1.82, 2.24) is 9.55 Å². The summed E-state index contributed by atoms with van der Waals surface area (Å²) in [5, 5.41) is 2.61. The molecule has 1 aromatic carbocycles. The van der Waals surface area contributed by atoms with Gasteiger partial charge in [0.25, 0.3) is 0 Å². The number of nitrogens with two attached hydrogens (primary N) is 1. The van der Waals surface area contributed by atoms with Crippen LogP contribution in [0.3, 0.4) is 0 Å². The number of aryl methyl sites for hydroxylation is 1. The van der Waals surface area contributed by atoms with E-state index >= 15 is 0 Å². The summed E-state index contributed by atoms with van der Waals surface area (Å²) in [4.78, 5) is 4.38. The van der Waals surface area contributed by atoms with Gasteiger partial charge in [-0.15, -0.1) is 11.3 Å². The molecule has 0 atom stereocenters. The Kier molecular flexibility index (Phi) is 3.40. The molecule has 0 aliphatic heterocycles. The Bertz CT molecular complexity index is 773. The molecule has 0 fully saturated rings. The van der Waals surface area contributed by atoms with Crippen LogP contribution in [0.5, 0.6) is 0 Å². The maximum absolute atomic E-state index is 5.74. The van der Waals surface area contributed by atoms with E-state index in [4.69, 9.17) is 5.73 Å². The molecule has 3 rings (SSSR count). The Morgan fingerprint density at radius 2 is 2.05 bits per heavy atom. The first-order chi connectivity index (χ1) is 9.56. The van der Waals surface area contributed by atoms with Gasteiger partial charge in [-0.25, -0.2) is 4.98 Å². The smallest absolute Gasteiger partial charge is 0.180 e. The number of nitrogen functional groups attached to an aromatic ring is 1. The molecule has 2 N–H and O–H groups in total. The number of rotatable bonds is 2. The topological polar surface area (TPSA) is 43.8 Å². The summed E-state index contributed by atoms with van der Waals surface area (Å²) < 4.78 is 3.30. The van der Waals surface area contributed by atoms with Gasteiger partial charge in [-0.05, 0) is 38.1 Å². The number of hydrogen-bond donors (Lipinski definition) is 1. The third-order valence-electron chi connectivity index (χ3n) is 3.30. The van der Waals surface area contributed by atoms with Gasteiger partial charge in [0, 0.05) is 32.5 Å². The van der Waals surface area contributed by atoms with Crippen LogP contribution in [0.15, 0.2) is 40.2 Å². The number of aromatic nitrogens is 2. The van der Waals surface area contributed by atoms with Crippen LogP contribution in [-0.4, -0.2) is 9.55 Å². The largest absolute Gasteiger partial charge is 0.375 e. The average Bonchev–Trinajstić information content (AvgIpc) is 2.93. The SMILES string of the molecule is Cc1cc(-c2csc(N)n2)c(C)n1-c1cccc(Br)c1. The van der Waals surface area contributed by atoms with Gasteiger partial charge >= 0.3 is 0 Å². The number of nitrogens with zero attached hydrogens (tertiary/aromatic N) is 2. The summed E-state index contributed by atoms with van der Waals surface area (Å²) >= 11 is 4.99. The highest BCUT2D eigenvalue weighted by Gasteiger charge is 2.14. The van der Waals surface area contributed by atoms with Crippen LogP contribution in [0.2, 0.25) is 0 Å². The zero-order valence-corrected chi connectivity index (χ0v) is 13.6. The van der Waals surface area contributed by atoms with Crippen molar-refractivity contribution in [3.05, 3.63) is 51.6 Å². The van der Waals surface area contributed by atoms with Gasteiger partial charge in [0.1, 0.15) is 0 Å². The summed E-state index contributed by atoms with van der Waals surface area (Å²) in [6, 6.07) is 10.4. The fourth-order valence-electron chi connectivity index (χ4n) is 2.45. The molecule has 0 bridgehead atoms. The van der Waals surface area contributed by atoms with Crippen LogP contribution in [0, 0.1) is 13.8 Å². The van der Waals surface area contributed by atoms with E-state index in [0.717, 1.165) is 21.4 Å². The van der Waals surface area contributed by atoms with Gasteiger partial charge in [0.05, 0.1) is 5.69 Å². The van der Waals surface area contributed by atoms with Crippen LogP contribution in [0.1, 0.15) is 11.4 Å². The van der Waals surface area contributed by atoms with Crippen LogP contribution in [0.25, 0.3) is 16.9 Å². The average molecular weight is 348 g/mol. The minimum Gasteiger partial charge on any atom is -0.375 e. The van der Waals surface area contributed by atoms with Gasteiger partial charge in [-0.1, -0.05) is 22.0 Å². The molecule has 3 nitrogen and oxygen atoms in total. The second kappa shape index (κ2) is 5.07. The van der Waals surface area contributed by atoms with E-state index in [2.05, 4.69) is 57.5 Å². The Morgan fingerprint density at radius 1 is 1.25 bits per heavy atom. The maximum Gasteiger partial charge on any atom is 0.180 e. The molecule has 3 aromatic rings. The van der Waals surface area contributed by atoms with Crippen molar-refractivity contribution in [3.8, 4) is 16.9 Å². The Hall–Kier alpha value is -1.59. The molecule has 0 spiro atoms. The second-order valence-electron chi connectivity index (χ2n) is 4.67. The highest BCUT2D eigenvalue weighted by Crippen LogP contribution is 2.31. The second-order valence-corrected chi connectivity index (χ2v) is 6.48. The first kappa shape index (κ1) is 13.4. The van der Waals surface area contributed by atoms with E-state index in [-0.39, 0.29) is 0 Å². The van der Waals surface area contributed by atoms with Crippen molar-refractivity contribution in [3.63, 3.8) is 0 Å². The highest BCUT2D eigenvalue weighted by atomic mass is 79.9. The fraction of sp³-hybridized carbons (Fsp3) is 0.133. The summed E-state index contributed by atoms with van der Waals surface area (Å²) in [5.74, 6) is 0. The molecule has 102 valence electrons. The van der Waals surface area contributed by atoms with Gasteiger partial charge in [-0.3, -0.25) is 0 Å². The molecule has 0 amide bonds. The lowest BCUT2D eigenvalue weighted by Gasteiger charge is -2.10. The van der Waals surface area contributed by atoms with Crippen molar-refractivity contribution in [2.24, 2.45) is 0 Å². The molecule has 0 saturated heterocycles. The lowest BCUT2D eigenvalue weighted by Crippen LogP contribution is -1.98. The standard InChI is InChI=1S/C15H14BrN3S/c1-9-6-13(14-8-20-15(17)18-14)10(2)19(9)12-5-3-4-11(16)7-12/h3-8H,1-2H3,(H2,17,18). The predicted octanol–water partition coefficient (Wildman–Crippen LogP) is 4.56. The summed E-state index contributed by atoms with van der Waals surface area (Å²) in [7, 11) is 0. The van der Waals surface area contributed by atoms with Gasteiger partial charge in [0.2, 0.25) is 0 Å². The Balaban J connectivity index is 2.16. The third-order valence-corrected chi connectivity index (χ3v) is 4.46. The molecule has 0 radical (unpaired) electrons. The predicted molar refractivity (Wildman–Crippen MR) is 88.5 cm³/mol. The summed E-state index contributed by atoms with van der Waals surface area (Å²) in [6.07, 6.45) is 0. The van der Waals surface area contributed by atoms with Crippen LogP contribution >= 0.6 is 27.3 Å². The zero-order chi connectivity index (χ0) is 14.3. The molecule has 0 saturated carbocycles. The summed E-state index contributed by atoms with van der Waals surface area (Å²) in [5.41, 5.74) is 11.3. The zero-order valence-electron chi connectivity index (χ0n) is 11.2. The first-order valence-corrected chi connectivity index (χ1v) is 7.90. The van der Waals surface area contributed by atoms with Crippen molar-refractivity contribution in [1.29, 1.82) is 0 Å². The van der Waals surface area contributed by atoms with E-state index in [1.807, 2.05) is 17.5 Å². The summed E-state index contributed by atoms with van der Waals surface area (Å²) in [6.45, 7) is 4.21. The molecular weight excluding hydrogens is 334 g/mol. The van der Waals surface area contributed by atoms with E-state index in [1.165, 1.54) is 22.7 Å². The monoisotopic (exact) mass is 347 g/mol. The number of benzene rings is 1. The van der Waals surface area contributed by atoms with E-state index in [1.54, 1.807) is 0 Å². The lowest BCUT2D eigenvalue weighted by molar-refractivity contribution is 0.965. The number of halogens is 1. The molecule has 20 heavy (non-hydrogen) atoms. The fourth-order valence-corrected chi connectivity index (χ4v) is 3.40. The molecule has 2 aromatic heterocycles. The van der Waals surface area contributed by atoms with E-state index < -0.39 is 0 Å². The maximum atomic E-state index is 5.74. The Labute approximate surface area is 130 Å². The van der Waals surface area contributed by atoms with Gasteiger partial charge in [-0.2, -0.15) is 0 Å². The van der Waals surface area contributed by atoms with Gasteiger partial charge < -0.3 is 10.3 Å². The minimum absolute atomic E-state index is 0.604. The van der Waals surface area contributed by atoms with Crippen LogP contribution in [0.4, 0.5) is 5.13 Å². The number of thiazole rings is 1. The molecule has 0 aliphatic carbocycles. The highest BCUT2D eigenvalue weighted by molar-refractivity contribution is 9.10.